The minimum absolute atomic E-state index is 0.353. The van der Waals surface area contributed by atoms with Gasteiger partial charge in [-0.2, -0.15) is 0 Å². The first-order valence-electron chi connectivity index (χ1n) is 4.03. The highest BCUT2D eigenvalue weighted by atomic mass is 19.3. The van der Waals surface area contributed by atoms with Crippen LogP contribution in [0, 0.1) is 0 Å². The largest absolute Gasteiger partial charge is 0.371 e. The molecule has 1 aliphatic heterocycles. The van der Waals surface area contributed by atoms with E-state index in [1.807, 2.05) is 6.08 Å². The van der Waals surface area contributed by atoms with E-state index in [9.17, 15) is 8.78 Å². The van der Waals surface area contributed by atoms with E-state index >= 15 is 0 Å². The monoisotopic (exact) mass is 177 g/mol. The average molecular weight is 177 g/mol. The summed E-state index contributed by atoms with van der Waals surface area (Å²) in [5.74, 6) is 0. The molecule has 0 aromatic carbocycles. The quantitative estimate of drug-likeness (QED) is 0.651. The Kier molecular flexibility index (Phi) is 4.18. The Balaban J connectivity index is 2.09. The first kappa shape index (κ1) is 9.61. The lowest BCUT2D eigenvalue weighted by molar-refractivity contribution is 0.0255. The van der Waals surface area contributed by atoms with Gasteiger partial charge in [0.2, 0.25) is 0 Å². The van der Waals surface area contributed by atoms with Crippen LogP contribution in [0.1, 0.15) is 6.42 Å². The fourth-order valence-electron chi connectivity index (χ4n) is 1.08. The van der Waals surface area contributed by atoms with Crippen LogP contribution in [-0.4, -0.2) is 32.7 Å². The summed E-state index contributed by atoms with van der Waals surface area (Å²) in [6, 6.07) is 0. The van der Waals surface area contributed by atoms with E-state index in [4.69, 9.17) is 4.74 Å². The van der Waals surface area contributed by atoms with Crippen LogP contribution >= 0.6 is 0 Å². The molecule has 0 spiro atoms. The van der Waals surface area contributed by atoms with Crippen LogP contribution in [0.3, 0.4) is 0 Å². The van der Waals surface area contributed by atoms with Crippen LogP contribution in [0.4, 0.5) is 8.78 Å². The molecule has 0 aliphatic carbocycles. The van der Waals surface area contributed by atoms with E-state index in [1.165, 1.54) is 0 Å². The smallest absolute Gasteiger partial charge is 0.261 e. The predicted octanol–water partition coefficient (Wildman–Crippen LogP) is 1.19. The fraction of sp³-hybridized carbons (Fsp3) is 0.750. The lowest BCUT2D eigenvalue weighted by atomic mass is 10.1. The van der Waals surface area contributed by atoms with Crippen molar-refractivity contribution in [3.63, 3.8) is 0 Å². The highest BCUT2D eigenvalue weighted by Crippen LogP contribution is 2.05. The second kappa shape index (κ2) is 5.22. The number of rotatable bonds is 4. The Hall–Kier alpha value is -0.480. The van der Waals surface area contributed by atoms with E-state index < -0.39 is 13.0 Å². The van der Waals surface area contributed by atoms with Crippen molar-refractivity contribution in [3.05, 3.63) is 11.6 Å². The Morgan fingerprint density at radius 1 is 1.58 bits per heavy atom. The molecule has 12 heavy (non-hydrogen) atoms. The molecule has 0 atom stereocenters. The second-order valence-corrected chi connectivity index (χ2v) is 2.72. The van der Waals surface area contributed by atoms with Crippen LogP contribution in [0.5, 0.6) is 0 Å². The number of alkyl halides is 2. The predicted molar refractivity (Wildman–Crippen MR) is 42.4 cm³/mol. The van der Waals surface area contributed by atoms with Gasteiger partial charge < -0.3 is 10.1 Å². The molecule has 0 radical (unpaired) electrons. The van der Waals surface area contributed by atoms with Crippen LogP contribution < -0.4 is 5.32 Å². The van der Waals surface area contributed by atoms with Gasteiger partial charge in [0.15, 0.2) is 0 Å². The molecule has 0 saturated carbocycles. The molecule has 4 heteroatoms. The summed E-state index contributed by atoms with van der Waals surface area (Å²) in [5.41, 5.74) is 1.12. The Bertz CT molecular complexity index is 159. The Morgan fingerprint density at radius 2 is 2.42 bits per heavy atom. The van der Waals surface area contributed by atoms with E-state index in [0.717, 1.165) is 25.1 Å². The van der Waals surface area contributed by atoms with Gasteiger partial charge in [0.1, 0.15) is 6.61 Å². The van der Waals surface area contributed by atoms with Crippen molar-refractivity contribution in [3.8, 4) is 0 Å². The summed E-state index contributed by atoms with van der Waals surface area (Å²) in [6.45, 7) is 1.65. The zero-order chi connectivity index (χ0) is 8.81. The molecule has 1 rings (SSSR count). The minimum Gasteiger partial charge on any atom is -0.371 e. The van der Waals surface area contributed by atoms with Gasteiger partial charge in [-0.3, -0.25) is 0 Å². The second-order valence-electron chi connectivity index (χ2n) is 2.72. The maximum atomic E-state index is 11.6. The molecule has 0 unspecified atom stereocenters. The summed E-state index contributed by atoms with van der Waals surface area (Å²) in [5, 5.41) is 3.13. The molecule has 1 N–H and O–H groups in total. The number of hydrogen-bond donors (Lipinski definition) is 1. The molecule has 2 nitrogen and oxygen atoms in total. The molecule has 0 saturated heterocycles. The van der Waals surface area contributed by atoms with Gasteiger partial charge in [0.25, 0.3) is 6.43 Å². The van der Waals surface area contributed by atoms with Crippen molar-refractivity contribution in [1.82, 2.24) is 5.32 Å². The number of hydrogen-bond acceptors (Lipinski definition) is 2. The minimum atomic E-state index is -2.35. The summed E-state index contributed by atoms with van der Waals surface area (Å²) >= 11 is 0. The van der Waals surface area contributed by atoms with E-state index in [2.05, 4.69) is 5.32 Å². The van der Waals surface area contributed by atoms with Gasteiger partial charge in [-0.05, 0) is 18.5 Å². The number of ether oxygens (including phenoxy) is 1. The van der Waals surface area contributed by atoms with Gasteiger partial charge in [0.05, 0.1) is 6.61 Å². The molecule has 1 aliphatic rings. The third-order valence-electron chi connectivity index (χ3n) is 1.69. The van der Waals surface area contributed by atoms with Gasteiger partial charge in [-0.15, -0.1) is 0 Å². The number of halogens is 2. The molecule has 1 heterocycles. The van der Waals surface area contributed by atoms with Gasteiger partial charge in [0, 0.05) is 6.54 Å². The fourth-order valence-corrected chi connectivity index (χ4v) is 1.08. The highest BCUT2D eigenvalue weighted by molar-refractivity contribution is 5.06. The third kappa shape index (κ3) is 3.78. The number of nitrogens with one attached hydrogen (secondary N) is 1. The molecule has 0 fully saturated rings. The zero-order valence-electron chi connectivity index (χ0n) is 6.85. The van der Waals surface area contributed by atoms with Gasteiger partial charge in [-0.25, -0.2) is 8.78 Å². The molecular formula is C8H13F2NO. The molecule has 0 aromatic heterocycles. The maximum absolute atomic E-state index is 11.6. The van der Waals surface area contributed by atoms with Crippen molar-refractivity contribution in [2.75, 3.05) is 26.3 Å². The van der Waals surface area contributed by atoms with Crippen molar-refractivity contribution in [1.29, 1.82) is 0 Å². The molecule has 0 bridgehead atoms. The molecule has 0 amide bonds. The standard InChI is InChI=1S/C8H13F2NO/c9-8(10)6-12-5-7-1-3-11-4-2-7/h1,8,11H,2-6H2. The van der Waals surface area contributed by atoms with Crippen molar-refractivity contribution < 1.29 is 13.5 Å². The topological polar surface area (TPSA) is 21.3 Å². The van der Waals surface area contributed by atoms with Gasteiger partial charge >= 0.3 is 0 Å². The maximum Gasteiger partial charge on any atom is 0.261 e. The van der Waals surface area contributed by atoms with Crippen LogP contribution in [0.15, 0.2) is 11.6 Å². The normalized spacial score (nSPS) is 18.1. The summed E-state index contributed by atoms with van der Waals surface area (Å²) in [4.78, 5) is 0. The molecule has 70 valence electrons. The lowest BCUT2D eigenvalue weighted by Gasteiger charge is -2.13. The molecular weight excluding hydrogens is 164 g/mol. The first-order chi connectivity index (χ1) is 5.79. The van der Waals surface area contributed by atoms with E-state index in [0.29, 0.717) is 6.61 Å². The van der Waals surface area contributed by atoms with E-state index in [1.54, 1.807) is 0 Å². The lowest BCUT2D eigenvalue weighted by Crippen LogP contribution is -2.22. The Morgan fingerprint density at radius 3 is 3.00 bits per heavy atom. The summed E-state index contributed by atoms with van der Waals surface area (Å²) in [7, 11) is 0. The van der Waals surface area contributed by atoms with Gasteiger partial charge in [-0.1, -0.05) is 6.08 Å². The van der Waals surface area contributed by atoms with Crippen molar-refractivity contribution in [2.45, 2.75) is 12.8 Å². The van der Waals surface area contributed by atoms with Crippen LogP contribution in [0.2, 0.25) is 0 Å². The zero-order valence-corrected chi connectivity index (χ0v) is 6.85. The van der Waals surface area contributed by atoms with Crippen LogP contribution in [-0.2, 0) is 4.74 Å². The van der Waals surface area contributed by atoms with Crippen LogP contribution in [0.25, 0.3) is 0 Å². The molecule has 0 aromatic rings. The summed E-state index contributed by atoms with van der Waals surface area (Å²) in [6.07, 6.45) is 0.547. The van der Waals surface area contributed by atoms with E-state index in [-0.39, 0.29) is 0 Å². The van der Waals surface area contributed by atoms with Crippen molar-refractivity contribution >= 4 is 0 Å². The van der Waals surface area contributed by atoms with Crippen molar-refractivity contribution in [2.24, 2.45) is 0 Å². The Labute approximate surface area is 70.6 Å². The summed E-state index contributed by atoms with van der Waals surface area (Å²) < 4.78 is 28.1. The highest BCUT2D eigenvalue weighted by Gasteiger charge is 2.05. The third-order valence-corrected chi connectivity index (χ3v) is 1.69. The SMILES string of the molecule is FC(F)COCC1=CCNCC1. The first-order valence-corrected chi connectivity index (χ1v) is 4.03. The average Bonchev–Trinajstić information content (AvgIpc) is 2.05.